The van der Waals surface area contributed by atoms with Crippen LogP contribution in [-0.4, -0.2) is 32.3 Å². The number of nitrogens with zero attached hydrogens (tertiary/aromatic N) is 2. The second-order valence-corrected chi connectivity index (χ2v) is 8.01. The van der Waals surface area contributed by atoms with Crippen molar-refractivity contribution < 1.29 is 19.1 Å². The lowest BCUT2D eigenvalue weighted by atomic mass is 9.93. The SMILES string of the molecule is Cc1ccc(F)c(-n2nc(C(=O)NC3(CC(=O)O)CCCC3)c3c2CCC3)c1. The van der Waals surface area contributed by atoms with Gasteiger partial charge in [0.2, 0.25) is 0 Å². The van der Waals surface area contributed by atoms with Crippen molar-refractivity contribution in [2.24, 2.45) is 0 Å². The number of hydrogen-bond acceptors (Lipinski definition) is 3. The van der Waals surface area contributed by atoms with Gasteiger partial charge in [-0.2, -0.15) is 5.10 Å². The van der Waals surface area contributed by atoms with Gasteiger partial charge in [0.15, 0.2) is 5.69 Å². The molecule has 2 aromatic rings. The number of aromatic nitrogens is 2. The van der Waals surface area contributed by atoms with E-state index in [0.29, 0.717) is 24.2 Å². The topological polar surface area (TPSA) is 84.2 Å². The number of carbonyl (C=O) groups excluding carboxylic acids is 1. The van der Waals surface area contributed by atoms with Crippen molar-refractivity contribution in [3.63, 3.8) is 0 Å². The monoisotopic (exact) mass is 385 g/mol. The Labute approximate surface area is 162 Å². The van der Waals surface area contributed by atoms with Crippen molar-refractivity contribution in [3.8, 4) is 5.69 Å². The van der Waals surface area contributed by atoms with E-state index in [-0.39, 0.29) is 18.1 Å². The van der Waals surface area contributed by atoms with E-state index in [0.717, 1.165) is 48.9 Å². The highest BCUT2D eigenvalue weighted by Gasteiger charge is 2.39. The molecule has 0 saturated heterocycles. The number of carbonyl (C=O) groups is 2. The molecule has 1 saturated carbocycles. The van der Waals surface area contributed by atoms with Gasteiger partial charge in [0.05, 0.1) is 12.0 Å². The van der Waals surface area contributed by atoms with E-state index in [1.165, 1.54) is 6.07 Å². The van der Waals surface area contributed by atoms with Crippen molar-refractivity contribution in [3.05, 3.63) is 46.5 Å². The number of amides is 1. The molecule has 0 spiro atoms. The lowest BCUT2D eigenvalue weighted by Gasteiger charge is -2.28. The minimum atomic E-state index is -0.917. The molecule has 0 atom stereocenters. The maximum atomic E-state index is 14.4. The van der Waals surface area contributed by atoms with Gasteiger partial charge in [-0.1, -0.05) is 18.9 Å². The summed E-state index contributed by atoms with van der Waals surface area (Å²) >= 11 is 0. The number of carboxylic acids is 1. The van der Waals surface area contributed by atoms with Crippen LogP contribution in [0.3, 0.4) is 0 Å². The Balaban J connectivity index is 1.70. The molecule has 4 rings (SSSR count). The standard InChI is InChI=1S/C21H24FN3O3/c1-13-7-8-15(22)17(11-13)25-16-6-4-5-14(16)19(24-25)20(28)23-21(12-18(26)27)9-2-3-10-21/h7-8,11H,2-6,9-10,12H2,1H3,(H,23,28)(H,26,27). The second-order valence-electron chi connectivity index (χ2n) is 8.01. The van der Waals surface area contributed by atoms with Gasteiger partial charge in [-0.25, -0.2) is 9.07 Å². The fraction of sp³-hybridized carbons (Fsp3) is 0.476. The minimum Gasteiger partial charge on any atom is -0.481 e. The maximum Gasteiger partial charge on any atom is 0.305 e. The Bertz CT molecular complexity index is 945. The summed E-state index contributed by atoms with van der Waals surface area (Å²) in [4.78, 5) is 24.4. The van der Waals surface area contributed by atoms with Crippen LogP contribution in [0.4, 0.5) is 4.39 Å². The Kier molecular flexibility index (Phi) is 4.69. The Morgan fingerprint density at radius 1 is 1.25 bits per heavy atom. The van der Waals surface area contributed by atoms with Crippen LogP contribution in [0, 0.1) is 12.7 Å². The smallest absolute Gasteiger partial charge is 0.305 e. The molecule has 2 N–H and O–H groups in total. The third kappa shape index (κ3) is 3.30. The first-order chi connectivity index (χ1) is 13.4. The van der Waals surface area contributed by atoms with Crippen molar-refractivity contribution in [2.75, 3.05) is 0 Å². The van der Waals surface area contributed by atoms with Crippen LogP contribution in [0.2, 0.25) is 0 Å². The van der Waals surface area contributed by atoms with Crippen molar-refractivity contribution in [2.45, 2.75) is 63.8 Å². The predicted octanol–water partition coefficient (Wildman–Crippen LogP) is 3.33. The minimum absolute atomic E-state index is 0.0891. The fourth-order valence-corrected chi connectivity index (χ4v) is 4.59. The zero-order chi connectivity index (χ0) is 19.9. The zero-order valence-corrected chi connectivity index (χ0v) is 15.9. The van der Waals surface area contributed by atoms with Crippen LogP contribution in [0.15, 0.2) is 18.2 Å². The lowest BCUT2D eigenvalue weighted by molar-refractivity contribution is -0.138. The van der Waals surface area contributed by atoms with E-state index in [1.54, 1.807) is 16.8 Å². The lowest BCUT2D eigenvalue weighted by Crippen LogP contribution is -2.48. The number of aliphatic carboxylic acids is 1. The third-order valence-corrected chi connectivity index (χ3v) is 5.90. The summed E-state index contributed by atoms with van der Waals surface area (Å²) in [5.74, 6) is -1.65. The Morgan fingerprint density at radius 3 is 2.71 bits per heavy atom. The molecule has 1 heterocycles. The average molecular weight is 385 g/mol. The number of halogens is 1. The van der Waals surface area contributed by atoms with Crippen molar-refractivity contribution in [1.82, 2.24) is 15.1 Å². The molecule has 148 valence electrons. The van der Waals surface area contributed by atoms with Crippen LogP contribution >= 0.6 is 0 Å². The summed E-state index contributed by atoms with van der Waals surface area (Å²) in [6.45, 7) is 1.88. The molecule has 0 unspecified atom stereocenters. The molecule has 1 aromatic heterocycles. The van der Waals surface area contributed by atoms with E-state index < -0.39 is 11.5 Å². The summed E-state index contributed by atoms with van der Waals surface area (Å²) in [5, 5.41) is 16.7. The van der Waals surface area contributed by atoms with Gasteiger partial charge in [-0.05, 0) is 56.7 Å². The molecule has 1 aromatic carbocycles. The molecule has 6 nitrogen and oxygen atoms in total. The number of benzene rings is 1. The average Bonchev–Trinajstić information content (AvgIpc) is 3.33. The summed E-state index contributed by atoms with van der Waals surface area (Å²) in [7, 11) is 0. The number of aryl methyl sites for hydroxylation is 1. The van der Waals surface area contributed by atoms with Crippen LogP contribution in [0.25, 0.3) is 5.69 Å². The number of rotatable bonds is 5. The zero-order valence-electron chi connectivity index (χ0n) is 15.9. The quantitative estimate of drug-likeness (QED) is 0.827. The van der Waals surface area contributed by atoms with Crippen LogP contribution in [0.5, 0.6) is 0 Å². The summed E-state index contributed by atoms with van der Waals surface area (Å²) in [6.07, 6.45) is 5.36. The molecule has 7 heteroatoms. The number of fused-ring (bicyclic) bond motifs is 1. The van der Waals surface area contributed by atoms with Gasteiger partial charge in [0.1, 0.15) is 11.5 Å². The maximum absolute atomic E-state index is 14.4. The van der Waals surface area contributed by atoms with Gasteiger partial charge >= 0.3 is 5.97 Å². The highest BCUT2D eigenvalue weighted by Crippen LogP contribution is 2.34. The molecular weight excluding hydrogens is 361 g/mol. The van der Waals surface area contributed by atoms with E-state index in [1.807, 2.05) is 6.92 Å². The van der Waals surface area contributed by atoms with Crippen LogP contribution < -0.4 is 5.32 Å². The van der Waals surface area contributed by atoms with Gasteiger partial charge in [-0.3, -0.25) is 9.59 Å². The van der Waals surface area contributed by atoms with Crippen molar-refractivity contribution >= 4 is 11.9 Å². The Hall–Kier alpha value is -2.70. The highest BCUT2D eigenvalue weighted by atomic mass is 19.1. The van der Waals surface area contributed by atoms with Crippen LogP contribution in [0.1, 0.15) is 65.8 Å². The van der Waals surface area contributed by atoms with E-state index >= 15 is 0 Å². The highest BCUT2D eigenvalue weighted by molar-refractivity contribution is 5.95. The van der Waals surface area contributed by atoms with E-state index in [4.69, 9.17) is 0 Å². The fourth-order valence-electron chi connectivity index (χ4n) is 4.59. The molecule has 0 aliphatic heterocycles. The van der Waals surface area contributed by atoms with E-state index in [2.05, 4.69) is 10.4 Å². The molecule has 1 fully saturated rings. The van der Waals surface area contributed by atoms with Gasteiger partial charge in [0, 0.05) is 11.3 Å². The van der Waals surface area contributed by atoms with Gasteiger partial charge < -0.3 is 10.4 Å². The molecule has 0 radical (unpaired) electrons. The first-order valence-corrected chi connectivity index (χ1v) is 9.80. The number of carboxylic acid groups (broad SMARTS) is 1. The summed E-state index contributed by atoms with van der Waals surface area (Å²) in [6, 6.07) is 4.84. The molecular formula is C21H24FN3O3. The van der Waals surface area contributed by atoms with Gasteiger partial charge in [-0.15, -0.1) is 0 Å². The molecule has 1 amide bonds. The molecule has 0 bridgehead atoms. The van der Waals surface area contributed by atoms with E-state index in [9.17, 15) is 19.1 Å². The molecule has 2 aliphatic carbocycles. The third-order valence-electron chi connectivity index (χ3n) is 5.90. The largest absolute Gasteiger partial charge is 0.481 e. The van der Waals surface area contributed by atoms with Crippen molar-refractivity contribution in [1.29, 1.82) is 0 Å². The van der Waals surface area contributed by atoms with Gasteiger partial charge in [0.25, 0.3) is 5.91 Å². The second kappa shape index (κ2) is 7.04. The Morgan fingerprint density at radius 2 is 2.00 bits per heavy atom. The number of nitrogens with one attached hydrogen (secondary N) is 1. The first kappa shape index (κ1) is 18.7. The normalized spacial score (nSPS) is 17.5. The predicted molar refractivity (Wildman–Crippen MR) is 101 cm³/mol. The molecule has 2 aliphatic rings. The number of hydrogen-bond donors (Lipinski definition) is 2. The summed E-state index contributed by atoms with van der Waals surface area (Å²) < 4.78 is 16.0. The first-order valence-electron chi connectivity index (χ1n) is 9.80. The molecule has 28 heavy (non-hydrogen) atoms. The summed E-state index contributed by atoms with van der Waals surface area (Å²) in [5.41, 5.74) is 2.56. The van der Waals surface area contributed by atoms with Crippen LogP contribution in [-0.2, 0) is 17.6 Å².